The lowest BCUT2D eigenvalue weighted by Crippen LogP contribution is -2.24. The van der Waals surface area contributed by atoms with Crippen LogP contribution < -0.4 is 5.32 Å². The number of imidazole rings is 1. The summed E-state index contributed by atoms with van der Waals surface area (Å²) in [5.41, 5.74) is 6.38. The second-order valence-corrected chi connectivity index (χ2v) is 10.6. The molecule has 0 spiro atoms. The van der Waals surface area contributed by atoms with Gasteiger partial charge in [0.05, 0.1) is 23.8 Å². The van der Waals surface area contributed by atoms with E-state index in [1.165, 1.54) is 23.3 Å². The minimum atomic E-state index is -0.0104. The SMILES string of the molecule is CCCSCCCNC(=O)c1ccc(Cn2c(SCc3ccccc3C)nc3ccncc32)cc1. The Kier molecular flexibility index (Phi) is 9.26. The molecule has 5 nitrogen and oxygen atoms in total. The number of aromatic nitrogens is 3. The van der Waals surface area contributed by atoms with E-state index < -0.39 is 0 Å². The van der Waals surface area contributed by atoms with Gasteiger partial charge in [0.15, 0.2) is 5.16 Å². The van der Waals surface area contributed by atoms with E-state index in [1.807, 2.05) is 48.3 Å². The van der Waals surface area contributed by atoms with Crippen molar-refractivity contribution in [3.63, 3.8) is 0 Å². The van der Waals surface area contributed by atoms with E-state index >= 15 is 0 Å². The molecule has 0 radical (unpaired) electrons. The van der Waals surface area contributed by atoms with Gasteiger partial charge in [0, 0.05) is 24.1 Å². The van der Waals surface area contributed by atoms with Gasteiger partial charge >= 0.3 is 0 Å². The molecule has 0 saturated carbocycles. The van der Waals surface area contributed by atoms with Crippen LogP contribution in [0.3, 0.4) is 0 Å². The van der Waals surface area contributed by atoms with Crippen molar-refractivity contribution in [2.75, 3.05) is 18.1 Å². The molecule has 4 aromatic rings. The Balaban J connectivity index is 1.42. The van der Waals surface area contributed by atoms with Gasteiger partial charge in [-0.15, -0.1) is 0 Å². The van der Waals surface area contributed by atoms with Gasteiger partial charge in [0.2, 0.25) is 0 Å². The number of nitrogens with one attached hydrogen (secondary N) is 1. The van der Waals surface area contributed by atoms with Crippen LogP contribution in [0.1, 0.15) is 46.8 Å². The Labute approximate surface area is 216 Å². The zero-order valence-corrected chi connectivity index (χ0v) is 22.0. The van der Waals surface area contributed by atoms with E-state index in [9.17, 15) is 4.79 Å². The molecule has 2 aromatic heterocycles. The highest BCUT2D eigenvalue weighted by Crippen LogP contribution is 2.28. The molecule has 0 saturated heterocycles. The molecule has 1 N–H and O–H groups in total. The maximum absolute atomic E-state index is 12.5. The van der Waals surface area contributed by atoms with Crippen LogP contribution in [-0.4, -0.2) is 38.5 Å². The number of aryl methyl sites for hydroxylation is 1. The number of rotatable bonds is 12. The molecule has 4 rings (SSSR count). The first-order valence-electron chi connectivity index (χ1n) is 12.1. The largest absolute Gasteiger partial charge is 0.352 e. The van der Waals surface area contributed by atoms with Crippen molar-refractivity contribution in [1.29, 1.82) is 0 Å². The maximum Gasteiger partial charge on any atom is 0.251 e. The first-order valence-corrected chi connectivity index (χ1v) is 14.2. The fourth-order valence-corrected chi connectivity index (χ4v) is 5.73. The summed E-state index contributed by atoms with van der Waals surface area (Å²) in [4.78, 5) is 21.7. The van der Waals surface area contributed by atoms with Crippen molar-refractivity contribution >= 4 is 40.5 Å². The van der Waals surface area contributed by atoms with Crippen molar-refractivity contribution in [3.05, 3.63) is 89.2 Å². The van der Waals surface area contributed by atoms with Crippen LogP contribution in [0.25, 0.3) is 11.0 Å². The molecule has 0 aliphatic carbocycles. The monoisotopic (exact) mass is 504 g/mol. The van der Waals surface area contributed by atoms with Crippen LogP contribution in [0.4, 0.5) is 0 Å². The fraction of sp³-hybridized carbons (Fsp3) is 0.321. The van der Waals surface area contributed by atoms with E-state index in [0.29, 0.717) is 18.7 Å². The van der Waals surface area contributed by atoms with E-state index in [-0.39, 0.29) is 5.91 Å². The average molecular weight is 505 g/mol. The molecule has 0 aliphatic rings. The fourth-order valence-electron chi connectivity index (χ4n) is 3.79. The van der Waals surface area contributed by atoms with Gasteiger partial charge in [-0.25, -0.2) is 4.98 Å². The molecule has 0 aliphatic heterocycles. The van der Waals surface area contributed by atoms with Crippen LogP contribution in [0.5, 0.6) is 0 Å². The first-order chi connectivity index (χ1) is 17.2. The molecule has 0 bridgehead atoms. The highest BCUT2D eigenvalue weighted by molar-refractivity contribution is 7.99. The number of nitrogens with zero attached hydrogens (tertiary/aromatic N) is 3. The van der Waals surface area contributed by atoms with Crippen LogP contribution in [0.2, 0.25) is 0 Å². The maximum atomic E-state index is 12.5. The smallest absolute Gasteiger partial charge is 0.251 e. The van der Waals surface area contributed by atoms with E-state index in [4.69, 9.17) is 4.98 Å². The zero-order chi connectivity index (χ0) is 24.5. The molecule has 1 amide bonds. The summed E-state index contributed by atoms with van der Waals surface area (Å²) in [7, 11) is 0. The Morgan fingerprint density at radius 1 is 1.06 bits per heavy atom. The minimum absolute atomic E-state index is 0.0104. The number of hydrogen-bond acceptors (Lipinski definition) is 5. The van der Waals surface area contributed by atoms with Gasteiger partial charge < -0.3 is 9.88 Å². The van der Waals surface area contributed by atoms with Gasteiger partial charge in [-0.05, 0) is 66.2 Å². The van der Waals surface area contributed by atoms with Crippen LogP contribution in [0, 0.1) is 6.92 Å². The number of pyridine rings is 1. The van der Waals surface area contributed by atoms with Crippen molar-refractivity contribution in [2.24, 2.45) is 0 Å². The molecule has 0 fully saturated rings. The Hall–Kier alpha value is -2.77. The van der Waals surface area contributed by atoms with E-state index in [2.05, 4.69) is 53.0 Å². The third-order valence-electron chi connectivity index (χ3n) is 5.79. The standard InChI is InChI=1S/C28H32N4OS2/c1-3-16-34-17-6-14-30-27(33)23-11-9-22(10-12-23)19-32-26-18-29-15-13-25(26)31-28(32)35-20-24-8-5-4-7-21(24)2/h4-5,7-13,15,18H,3,6,14,16-17,19-20H2,1-2H3,(H,30,33). The summed E-state index contributed by atoms with van der Waals surface area (Å²) < 4.78 is 2.22. The Morgan fingerprint density at radius 2 is 1.89 bits per heavy atom. The number of amides is 1. The van der Waals surface area contributed by atoms with Gasteiger partial charge in [0.25, 0.3) is 5.91 Å². The lowest BCUT2D eigenvalue weighted by atomic mass is 10.1. The minimum Gasteiger partial charge on any atom is -0.352 e. The topological polar surface area (TPSA) is 59.8 Å². The number of fused-ring (bicyclic) bond motifs is 1. The summed E-state index contributed by atoms with van der Waals surface area (Å²) in [5, 5.41) is 4.00. The highest BCUT2D eigenvalue weighted by Gasteiger charge is 2.13. The number of carbonyl (C=O) groups excluding carboxylic acids is 1. The van der Waals surface area contributed by atoms with Crippen molar-refractivity contribution in [1.82, 2.24) is 19.9 Å². The molecule has 0 atom stereocenters. The quantitative estimate of drug-likeness (QED) is 0.180. The van der Waals surface area contributed by atoms with Crippen LogP contribution >= 0.6 is 23.5 Å². The molecular formula is C28H32N4OS2. The lowest BCUT2D eigenvalue weighted by molar-refractivity contribution is 0.0954. The lowest BCUT2D eigenvalue weighted by Gasteiger charge is -2.11. The normalized spacial score (nSPS) is 11.1. The van der Waals surface area contributed by atoms with Gasteiger partial charge in [-0.1, -0.05) is 55.1 Å². The summed E-state index contributed by atoms with van der Waals surface area (Å²) in [6.07, 6.45) is 5.85. The predicted octanol–water partition coefficient (Wildman–Crippen LogP) is 6.34. The van der Waals surface area contributed by atoms with Gasteiger partial charge in [0.1, 0.15) is 0 Å². The Morgan fingerprint density at radius 3 is 2.69 bits per heavy atom. The van der Waals surface area contributed by atoms with Crippen molar-refractivity contribution < 1.29 is 4.79 Å². The molecule has 35 heavy (non-hydrogen) atoms. The number of thioether (sulfide) groups is 2. The highest BCUT2D eigenvalue weighted by atomic mass is 32.2. The second kappa shape index (κ2) is 12.8. The summed E-state index contributed by atoms with van der Waals surface area (Å²) in [6.45, 7) is 5.73. The Bertz CT molecular complexity index is 1250. The summed E-state index contributed by atoms with van der Waals surface area (Å²) >= 11 is 3.69. The third-order valence-corrected chi connectivity index (χ3v) is 8.09. The molecule has 2 heterocycles. The predicted molar refractivity (Wildman–Crippen MR) is 148 cm³/mol. The second-order valence-electron chi connectivity index (χ2n) is 8.48. The molecule has 2 aromatic carbocycles. The number of hydrogen-bond donors (Lipinski definition) is 1. The van der Waals surface area contributed by atoms with E-state index in [1.54, 1.807) is 18.0 Å². The van der Waals surface area contributed by atoms with E-state index in [0.717, 1.165) is 39.7 Å². The summed E-state index contributed by atoms with van der Waals surface area (Å²) in [5.74, 6) is 3.12. The van der Waals surface area contributed by atoms with Gasteiger partial charge in [-0.2, -0.15) is 11.8 Å². The first kappa shape index (κ1) is 25.3. The van der Waals surface area contributed by atoms with Crippen LogP contribution in [0.15, 0.2) is 72.1 Å². The molecular weight excluding hydrogens is 472 g/mol. The third kappa shape index (κ3) is 6.89. The molecule has 182 valence electrons. The van der Waals surface area contributed by atoms with Gasteiger partial charge in [-0.3, -0.25) is 9.78 Å². The number of carbonyl (C=O) groups is 1. The van der Waals surface area contributed by atoms with Crippen LogP contribution in [-0.2, 0) is 12.3 Å². The number of benzene rings is 2. The zero-order valence-electron chi connectivity index (χ0n) is 20.4. The van der Waals surface area contributed by atoms with Crippen molar-refractivity contribution in [2.45, 2.75) is 44.1 Å². The molecule has 0 unspecified atom stereocenters. The summed E-state index contributed by atoms with van der Waals surface area (Å²) in [6, 6.07) is 18.3. The van der Waals surface area contributed by atoms with Crippen molar-refractivity contribution in [3.8, 4) is 0 Å². The average Bonchev–Trinajstić information content (AvgIpc) is 3.23. The molecule has 7 heteroatoms.